The van der Waals surface area contributed by atoms with E-state index < -0.39 is 0 Å². The Bertz CT molecular complexity index is 649. The summed E-state index contributed by atoms with van der Waals surface area (Å²) in [7, 11) is 0. The van der Waals surface area contributed by atoms with Crippen molar-refractivity contribution in [2.45, 2.75) is 13.3 Å². The number of benzene rings is 1. The van der Waals surface area contributed by atoms with Crippen molar-refractivity contribution in [2.24, 2.45) is 0 Å². The predicted molar refractivity (Wildman–Crippen MR) is 90.1 cm³/mol. The number of halogens is 2. The van der Waals surface area contributed by atoms with Gasteiger partial charge in [-0.2, -0.15) is 0 Å². The molecule has 2 aromatic rings. The third-order valence-corrected chi connectivity index (χ3v) is 3.53. The number of nitrogens with one attached hydrogen (secondary N) is 2. The highest BCUT2D eigenvalue weighted by Crippen LogP contribution is 2.23. The van der Waals surface area contributed by atoms with Crippen LogP contribution >= 0.6 is 27.5 Å². The second-order valence-electron chi connectivity index (χ2n) is 4.41. The SMILES string of the molecule is CCCNc1ncc(Br)cc1C(=O)Nc1ccccc1Cl. The first kappa shape index (κ1) is 15.8. The minimum absolute atomic E-state index is 0.254. The summed E-state index contributed by atoms with van der Waals surface area (Å²) in [5, 5.41) is 6.44. The van der Waals surface area contributed by atoms with Gasteiger partial charge in [0.25, 0.3) is 5.91 Å². The molecule has 0 saturated carbocycles. The van der Waals surface area contributed by atoms with Gasteiger partial charge in [-0.25, -0.2) is 4.98 Å². The number of anilines is 2. The molecule has 0 saturated heterocycles. The van der Waals surface area contributed by atoms with E-state index in [0.29, 0.717) is 22.1 Å². The summed E-state index contributed by atoms with van der Waals surface area (Å²) in [6.07, 6.45) is 2.60. The average Bonchev–Trinajstić information content (AvgIpc) is 2.48. The van der Waals surface area contributed by atoms with Crippen molar-refractivity contribution in [3.05, 3.63) is 51.6 Å². The van der Waals surface area contributed by atoms with Crippen LogP contribution in [0, 0.1) is 0 Å². The zero-order valence-corrected chi connectivity index (χ0v) is 13.8. The first-order chi connectivity index (χ1) is 10.1. The van der Waals surface area contributed by atoms with E-state index in [2.05, 4.69) is 38.5 Å². The molecule has 0 aliphatic heterocycles. The molecular formula is C15H15BrClN3O. The molecule has 1 aromatic heterocycles. The fourth-order valence-electron chi connectivity index (χ4n) is 1.75. The maximum Gasteiger partial charge on any atom is 0.259 e. The zero-order chi connectivity index (χ0) is 15.2. The van der Waals surface area contributed by atoms with Crippen LogP contribution in [-0.2, 0) is 0 Å². The molecule has 0 aliphatic rings. The summed E-state index contributed by atoms with van der Waals surface area (Å²) in [5.41, 5.74) is 1.04. The van der Waals surface area contributed by atoms with Gasteiger partial charge in [0.15, 0.2) is 0 Å². The van der Waals surface area contributed by atoms with Gasteiger partial charge in [0.1, 0.15) is 5.82 Å². The molecule has 0 spiro atoms. The second-order valence-corrected chi connectivity index (χ2v) is 5.73. The number of amides is 1. The number of hydrogen-bond acceptors (Lipinski definition) is 3. The van der Waals surface area contributed by atoms with E-state index in [9.17, 15) is 4.79 Å². The number of rotatable bonds is 5. The molecule has 0 aliphatic carbocycles. The van der Waals surface area contributed by atoms with E-state index in [4.69, 9.17) is 11.6 Å². The van der Waals surface area contributed by atoms with Crippen molar-refractivity contribution in [2.75, 3.05) is 17.2 Å². The lowest BCUT2D eigenvalue weighted by Crippen LogP contribution is -2.16. The summed E-state index contributed by atoms with van der Waals surface area (Å²) < 4.78 is 0.744. The van der Waals surface area contributed by atoms with E-state index in [1.54, 1.807) is 24.4 Å². The molecule has 110 valence electrons. The molecule has 1 heterocycles. The minimum atomic E-state index is -0.254. The summed E-state index contributed by atoms with van der Waals surface area (Å²) in [4.78, 5) is 16.7. The fourth-order valence-corrected chi connectivity index (χ4v) is 2.26. The van der Waals surface area contributed by atoms with Crippen molar-refractivity contribution in [1.29, 1.82) is 0 Å². The van der Waals surface area contributed by atoms with Crippen molar-refractivity contribution in [1.82, 2.24) is 4.98 Å². The van der Waals surface area contributed by atoms with Gasteiger partial charge in [0.2, 0.25) is 0 Å². The molecule has 1 aromatic carbocycles. The number of carbonyl (C=O) groups is 1. The maximum absolute atomic E-state index is 12.4. The third kappa shape index (κ3) is 4.19. The summed E-state index contributed by atoms with van der Waals surface area (Å²) in [6, 6.07) is 8.85. The predicted octanol–water partition coefficient (Wildman–Crippen LogP) is 4.57. The third-order valence-electron chi connectivity index (χ3n) is 2.76. The molecule has 21 heavy (non-hydrogen) atoms. The Labute approximate surface area is 137 Å². The lowest BCUT2D eigenvalue weighted by atomic mass is 10.2. The average molecular weight is 369 g/mol. The Kier molecular flexibility index (Phi) is 5.59. The van der Waals surface area contributed by atoms with Gasteiger partial charge in [-0.3, -0.25) is 4.79 Å². The van der Waals surface area contributed by atoms with E-state index in [-0.39, 0.29) is 5.91 Å². The first-order valence-electron chi connectivity index (χ1n) is 6.57. The molecule has 0 radical (unpaired) electrons. The van der Waals surface area contributed by atoms with Crippen LogP contribution in [0.1, 0.15) is 23.7 Å². The Morgan fingerprint density at radius 2 is 2.14 bits per heavy atom. The van der Waals surface area contributed by atoms with Crippen LogP contribution in [0.2, 0.25) is 5.02 Å². The van der Waals surface area contributed by atoms with Gasteiger partial charge in [0, 0.05) is 17.2 Å². The van der Waals surface area contributed by atoms with E-state index in [1.165, 1.54) is 0 Å². The van der Waals surface area contributed by atoms with Crippen LogP contribution in [0.25, 0.3) is 0 Å². The minimum Gasteiger partial charge on any atom is -0.369 e. The van der Waals surface area contributed by atoms with E-state index in [1.807, 2.05) is 12.1 Å². The van der Waals surface area contributed by atoms with Crippen LogP contribution in [0.4, 0.5) is 11.5 Å². The number of pyridine rings is 1. The molecule has 0 bridgehead atoms. The highest BCUT2D eigenvalue weighted by atomic mass is 79.9. The fraction of sp³-hybridized carbons (Fsp3) is 0.200. The molecule has 0 atom stereocenters. The largest absolute Gasteiger partial charge is 0.369 e. The lowest BCUT2D eigenvalue weighted by molar-refractivity contribution is 0.102. The smallest absolute Gasteiger partial charge is 0.259 e. The second kappa shape index (κ2) is 7.43. The van der Waals surface area contributed by atoms with Crippen molar-refractivity contribution < 1.29 is 4.79 Å². The van der Waals surface area contributed by atoms with Gasteiger partial charge in [0.05, 0.1) is 16.3 Å². The van der Waals surface area contributed by atoms with Crippen LogP contribution in [0.15, 0.2) is 41.0 Å². The molecule has 6 heteroatoms. The Morgan fingerprint density at radius 3 is 2.86 bits per heavy atom. The number of nitrogens with zero attached hydrogens (tertiary/aromatic N) is 1. The monoisotopic (exact) mass is 367 g/mol. The number of carbonyl (C=O) groups excluding carboxylic acids is 1. The quantitative estimate of drug-likeness (QED) is 0.812. The highest BCUT2D eigenvalue weighted by molar-refractivity contribution is 9.10. The standard InChI is InChI=1S/C15H15BrClN3O/c1-2-7-18-14-11(8-10(16)9-19-14)15(21)20-13-6-4-3-5-12(13)17/h3-6,8-9H,2,7H2,1H3,(H,18,19)(H,20,21). The highest BCUT2D eigenvalue weighted by Gasteiger charge is 2.14. The summed E-state index contributed by atoms with van der Waals surface area (Å²) in [5.74, 6) is 0.306. The molecular weight excluding hydrogens is 354 g/mol. The van der Waals surface area contributed by atoms with Gasteiger partial charge < -0.3 is 10.6 Å². The molecule has 0 fully saturated rings. The Balaban J connectivity index is 2.25. The number of hydrogen-bond donors (Lipinski definition) is 2. The first-order valence-corrected chi connectivity index (χ1v) is 7.74. The lowest BCUT2D eigenvalue weighted by Gasteiger charge is -2.12. The van der Waals surface area contributed by atoms with Crippen molar-refractivity contribution in [3.8, 4) is 0 Å². The van der Waals surface area contributed by atoms with Crippen LogP contribution < -0.4 is 10.6 Å². The molecule has 0 unspecified atom stereocenters. The van der Waals surface area contributed by atoms with Gasteiger partial charge in [-0.05, 0) is 40.5 Å². The van der Waals surface area contributed by atoms with Crippen LogP contribution in [0.5, 0.6) is 0 Å². The maximum atomic E-state index is 12.4. The topological polar surface area (TPSA) is 54.0 Å². The molecule has 2 N–H and O–H groups in total. The summed E-state index contributed by atoms with van der Waals surface area (Å²) >= 11 is 9.39. The zero-order valence-electron chi connectivity index (χ0n) is 11.5. The van der Waals surface area contributed by atoms with Crippen molar-refractivity contribution in [3.63, 3.8) is 0 Å². The van der Waals surface area contributed by atoms with Crippen LogP contribution in [-0.4, -0.2) is 17.4 Å². The Morgan fingerprint density at radius 1 is 1.38 bits per heavy atom. The number of aromatic nitrogens is 1. The normalized spacial score (nSPS) is 10.2. The number of para-hydroxylation sites is 1. The van der Waals surface area contributed by atoms with E-state index in [0.717, 1.165) is 17.4 Å². The van der Waals surface area contributed by atoms with Crippen LogP contribution in [0.3, 0.4) is 0 Å². The van der Waals surface area contributed by atoms with E-state index >= 15 is 0 Å². The van der Waals surface area contributed by atoms with Crippen molar-refractivity contribution >= 4 is 44.9 Å². The Hall–Kier alpha value is -1.59. The summed E-state index contributed by atoms with van der Waals surface area (Å²) in [6.45, 7) is 2.80. The molecule has 2 rings (SSSR count). The van der Waals surface area contributed by atoms with Gasteiger partial charge in [-0.15, -0.1) is 0 Å². The van der Waals surface area contributed by atoms with Gasteiger partial charge >= 0.3 is 0 Å². The molecule has 1 amide bonds. The van der Waals surface area contributed by atoms with Gasteiger partial charge in [-0.1, -0.05) is 30.7 Å². The molecule has 4 nitrogen and oxygen atoms in total.